The minimum absolute atomic E-state index is 0.0105. The number of hydrogen-bond acceptors (Lipinski definition) is 5. The van der Waals surface area contributed by atoms with Crippen LogP contribution in [0.15, 0.2) is 59.4 Å². The van der Waals surface area contributed by atoms with Crippen molar-refractivity contribution in [1.82, 2.24) is 29.4 Å². The van der Waals surface area contributed by atoms with Crippen LogP contribution in [0.3, 0.4) is 0 Å². The molecule has 0 saturated heterocycles. The van der Waals surface area contributed by atoms with Gasteiger partial charge in [0.1, 0.15) is 5.52 Å². The molecule has 0 bridgehead atoms. The molecule has 0 atom stereocenters. The van der Waals surface area contributed by atoms with Gasteiger partial charge in [-0.1, -0.05) is 48.5 Å². The molecule has 0 fully saturated rings. The normalized spacial score (nSPS) is 11.6. The maximum absolute atomic E-state index is 13.2. The molecule has 0 aliphatic rings. The Balaban J connectivity index is 1.97. The fraction of sp³-hybridized carbons (Fsp3) is 0.0556. The zero-order chi connectivity index (χ0) is 17.7. The highest BCUT2D eigenvalue weighted by molar-refractivity contribution is 6.28. The van der Waals surface area contributed by atoms with E-state index in [9.17, 15) is 4.79 Å². The van der Waals surface area contributed by atoms with Crippen molar-refractivity contribution in [3.05, 3.63) is 75.8 Å². The van der Waals surface area contributed by atoms with Gasteiger partial charge in [0.25, 0.3) is 16.6 Å². The third-order valence-electron chi connectivity index (χ3n) is 4.32. The Hall–Kier alpha value is -3.32. The van der Waals surface area contributed by atoms with Crippen LogP contribution in [0.25, 0.3) is 27.7 Å². The van der Waals surface area contributed by atoms with Gasteiger partial charge in [0.15, 0.2) is 5.65 Å². The summed E-state index contributed by atoms with van der Waals surface area (Å²) in [6.45, 7) is 0.385. The van der Waals surface area contributed by atoms with Crippen LogP contribution in [0.4, 0.5) is 0 Å². The van der Waals surface area contributed by atoms with E-state index in [0.717, 1.165) is 10.9 Å². The van der Waals surface area contributed by atoms with Gasteiger partial charge in [0.05, 0.1) is 6.54 Å². The second-order valence-electron chi connectivity index (χ2n) is 5.89. The number of imidazole rings is 1. The summed E-state index contributed by atoms with van der Waals surface area (Å²) in [5.41, 5.74) is 2.06. The van der Waals surface area contributed by atoms with Crippen LogP contribution < -0.4 is 5.56 Å². The van der Waals surface area contributed by atoms with Crippen molar-refractivity contribution in [2.75, 3.05) is 0 Å². The van der Waals surface area contributed by atoms with Crippen LogP contribution in [0, 0.1) is 0 Å². The highest BCUT2D eigenvalue weighted by atomic mass is 35.5. The summed E-state index contributed by atoms with van der Waals surface area (Å²) in [6, 6.07) is 17.1. The van der Waals surface area contributed by atoms with Gasteiger partial charge < -0.3 is 0 Å². The Kier molecular flexibility index (Phi) is 3.23. The average molecular weight is 363 g/mol. The second-order valence-corrected chi connectivity index (χ2v) is 6.23. The van der Waals surface area contributed by atoms with Crippen molar-refractivity contribution in [1.29, 1.82) is 0 Å². The SMILES string of the molecule is O=c1c2ccccc2c2nc3nnc(Cl)nn3c2n1Cc1ccccc1. The summed E-state index contributed by atoms with van der Waals surface area (Å²) in [7, 11) is 0. The molecule has 0 aliphatic carbocycles. The van der Waals surface area contributed by atoms with Crippen molar-refractivity contribution in [3.8, 4) is 0 Å². The summed E-state index contributed by atoms with van der Waals surface area (Å²) in [4.78, 5) is 17.7. The first-order valence-electron chi connectivity index (χ1n) is 7.96. The molecule has 3 heterocycles. The quantitative estimate of drug-likeness (QED) is 0.482. The van der Waals surface area contributed by atoms with E-state index in [1.165, 1.54) is 4.52 Å². The standard InChI is InChI=1S/C18H11ClN6O/c19-17-21-22-18-20-14-12-8-4-5-9-13(12)16(26)24(15(14)25(18)23-17)10-11-6-2-1-3-7-11/h1-9H,10H2. The summed E-state index contributed by atoms with van der Waals surface area (Å²) < 4.78 is 3.12. The van der Waals surface area contributed by atoms with Gasteiger partial charge in [-0.3, -0.25) is 9.36 Å². The third kappa shape index (κ3) is 2.18. The fourth-order valence-corrected chi connectivity index (χ4v) is 3.30. The molecular weight excluding hydrogens is 352 g/mol. The minimum atomic E-state index is -0.117. The molecular formula is C18H11ClN6O. The zero-order valence-electron chi connectivity index (χ0n) is 13.4. The summed E-state index contributed by atoms with van der Waals surface area (Å²) >= 11 is 5.93. The molecule has 5 aromatic rings. The number of halogens is 1. The number of pyridine rings is 1. The number of nitrogens with zero attached hydrogens (tertiary/aromatic N) is 6. The Morgan fingerprint density at radius 3 is 2.46 bits per heavy atom. The van der Waals surface area contributed by atoms with E-state index in [4.69, 9.17) is 11.6 Å². The number of aromatic nitrogens is 6. The third-order valence-corrected chi connectivity index (χ3v) is 4.47. The van der Waals surface area contributed by atoms with Crippen LogP contribution in [-0.4, -0.2) is 29.4 Å². The number of benzene rings is 2. The fourth-order valence-electron chi connectivity index (χ4n) is 3.19. The Morgan fingerprint density at radius 2 is 1.65 bits per heavy atom. The molecule has 126 valence electrons. The van der Waals surface area contributed by atoms with Crippen molar-refractivity contribution in [2.45, 2.75) is 6.54 Å². The largest absolute Gasteiger partial charge is 0.286 e. The predicted molar refractivity (Wildman–Crippen MR) is 98.4 cm³/mol. The molecule has 0 aliphatic heterocycles. The summed E-state index contributed by atoms with van der Waals surface area (Å²) in [6.07, 6.45) is 0. The predicted octanol–water partition coefficient (Wildman–Crippen LogP) is 2.69. The average Bonchev–Trinajstić information content (AvgIpc) is 3.05. The number of fused-ring (bicyclic) bond motifs is 5. The first kappa shape index (κ1) is 15.0. The summed E-state index contributed by atoms with van der Waals surface area (Å²) in [5, 5.41) is 13.3. The van der Waals surface area contributed by atoms with E-state index in [-0.39, 0.29) is 10.8 Å². The lowest BCUT2D eigenvalue weighted by Gasteiger charge is -2.10. The van der Waals surface area contributed by atoms with Gasteiger partial charge in [-0.25, -0.2) is 4.98 Å². The maximum atomic E-state index is 13.2. The van der Waals surface area contributed by atoms with Gasteiger partial charge >= 0.3 is 0 Å². The topological polar surface area (TPSA) is 78.0 Å². The molecule has 0 unspecified atom stereocenters. The molecule has 5 rings (SSSR count). The van der Waals surface area contributed by atoms with Gasteiger partial charge in [0.2, 0.25) is 0 Å². The van der Waals surface area contributed by atoms with Crippen LogP contribution in [0.5, 0.6) is 0 Å². The zero-order valence-corrected chi connectivity index (χ0v) is 14.1. The molecule has 26 heavy (non-hydrogen) atoms. The van der Waals surface area contributed by atoms with E-state index < -0.39 is 0 Å². The van der Waals surface area contributed by atoms with Crippen LogP contribution in [0.2, 0.25) is 5.28 Å². The molecule has 8 heteroatoms. The lowest BCUT2D eigenvalue weighted by molar-refractivity contribution is 0.755. The Morgan fingerprint density at radius 1 is 0.923 bits per heavy atom. The highest BCUT2D eigenvalue weighted by Gasteiger charge is 2.18. The van der Waals surface area contributed by atoms with E-state index in [1.54, 1.807) is 10.6 Å². The number of hydrogen-bond donors (Lipinski definition) is 0. The van der Waals surface area contributed by atoms with E-state index >= 15 is 0 Å². The minimum Gasteiger partial charge on any atom is -0.286 e. The monoisotopic (exact) mass is 362 g/mol. The molecule has 0 saturated carbocycles. The first-order valence-corrected chi connectivity index (χ1v) is 8.34. The lowest BCUT2D eigenvalue weighted by Crippen LogP contribution is -2.22. The highest BCUT2D eigenvalue weighted by Crippen LogP contribution is 2.23. The van der Waals surface area contributed by atoms with Gasteiger partial charge in [-0.05, 0) is 23.2 Å². The van der Waals surface area contributed by atoms with Gasteiger partial charge in [-0.15, -0.1) is 15.3 Å². The maximum Gasteiger partial charge on any atom is 0.272 e. The molecule has 2 aromatic carbocycles. The van der Waals surface area contributed by atoms with Crippen LogP contribution in [0.1, 0.15) is 5.56 Å². The van der Waals surface area contributed by atoms with E-state index in [1.807, 2.05) is 48.5 Å². The van der Waals surface area contributed by atoms with Gasteiger partial charge in [0, 0.05) is 10.8 Å². The lowest BCUT2D eigenvalue weighted by atomic mass is 10.1. The summed E-state index contributed by atoms with van der Waals surface area (Å²) in [5.74, 6) is 0.293. The first-order chi connectivity index (χ1) is 12.7. The van der Waals surface area contributed by atoms with Crippen molar-refractivity contribution in [3.63, 3.8) is 0 Å². The van der Waals surface area contributed by atoms with E-state index in [0.29, 0.717) is 28.9 Å². The molecule has 0 N–H and O–H groups in total. The van der Waals surface area contributed by atoms with Crippen LogP contribution in [-0.2, 0) is 6.54 Å². The smallest absolute Gasteiger partial charge is 0.272 e. The molecule has 7 nitrogen and oxygen atoms in total. The molecule has 0 amide bonds. The Bertz CT molecular complexity index is 1340. The second kappa shape index (κ2) is 5.60. The van der Waals surface area contributed by atoms with Crippen molar-refractivity contribution < 1.29 is 0 Å². The molecule has 0 radical (unpaired) electrons. The van der Waals surface area contributed by atoms with E-state index in [2.05, 4.69) is 20.3 Å². The van der Waals surface area contributed by atoms with Crippen molar-refractivity contribution in [2.24, 2.45) is 0 Å². The van der Waals surface area contributed by atoms with Gasteiger partial charge in [-0.2, -0.15) is 4.52 Å². The molecule has 0 spiro atoms. The molecule has 3 aromatic heterocycles. The van der Waals surface area contributed by atoms with Crippen molar-refractivity contribution >= 4 is 39.3 Å². The number of rotatable bonds is 2. The Labute approximate surface area is 151 Å². The van der Waals surface area contributed by atoms with Crippen LogP contribution >= 0.6 is 11.6 Å².